The Hall–Kier alpha value is -3.02. The number of methoxy groups -OCH3 is 3. The van der Waals surface area contributed by atoms with E-state index in [0.29, 0.717) is 29.2 Å². The van der Waals surface area contributed by atoms with E-state index in [1.54, 1.807) is 45.6 Å². The minimum absolute atomic E-state index is 0.301. The lowest BCUT2D eigenvalue weighted by Crippen LogP contribution is -2.20. The second-order valence-electron chi connectivity index (χ2n) is 5.15. The topological polar surface area (TPSA) is 69.2 Å². The third-order valence-electron chi connectivity index (χ3n) is 3.68. The van der Waals surface area contributed by atoms with Gasteiger partial charge in [-0.3, -0.25) is 4.79 Å². The summed E-state index contributed by atoms with van der Waals surface area (Å²) in [5.41, 5.74) is 4.65. The summed E-state index contributed by atoms with van der Waals surface area (Å²) in [6, 6.07) is 12.4. The molecule has 6 nitrogen and oxygen atoms in total. The number of hydrazone groups is 1. The number of ether oxygens (including phenoxy) is 3. The molecule has 0 unspecified atom stereocenters. The predicted molar refractivity (Wildman–Crippen MR) is 96.8 cm³/mol. The quantitative estimate of drug-likeness (QED) is 0.619. The lowest BCUT2D eigenvalue weighted by molar-refractivity contribution is 0.0954. The number of nitrogens with one attached hydrogen (secondary N) is 1. The number of nitrogens with zero attached hydrogens (tertiary/aromatic N) is 1. The Kier molecular flexibility index (Phi) is 6.39. The van der Waals surface area contributed by atoms with Crippen LogP contribution in [0.5, 0.6) is 17.2 Å². The highest BCUT2D eigenvalue weighted by Crippen LogP contribution is 2.28. The zero-order valence-electron chi connectivity index (χ0n) is 14.8. The van der Waals surface area contributed by atoms with E-state index in [1.807, 2.05) is 25.1 Å². The summed E-state index contributed by atoms with van der Waals surface area (Å²) in [6.07, 6.45) is 0.647. The van der Waals surface area contributed by atoms with Crippen molar-refractivity contribution in [3.63, 3.8) is 0 Å². The molecule has 0 aliphatic carbocycles. The fourth-order valence-corrected chi connectivity index (χ4v) is 2.31. The van der Waals surface area contributed by atoms with Gasteiger partial charge in [-0.2, -0.15) is 5.10 Å². The predicted octanol–water partition coefficient (Wildman–Crippen LogP) is 3.26. The van der Waals surface area contributed by atoms with Crippen LogP contribution in [0.3, 0.4) is 0 Å². The van der Waals surface area contributed by atoms with Crippen LogP contribution in [-0.2, 0) is 0 Å². The molecule has 0 spiro atoms. The van der Waals surface area contributed by atoms with Gasteiger partial charge in [0.2, 0.25) is 0 Å². The van der Waals surface area contributed by atoms with Crippen LogP contribution in [0.15, 0.2) is 47.6 Å². The van der Waals surface area contributed by atoms with Crippen molar-refractivity contribution < 1.29 is 19.0 Å². The van der Waals surface area contributed by atoms with E-state index in [2.05, 4.69) is 10.5 Å². The van der Waals surface area contributed by atoms with E-state index in [-0.39, 0.29) is 5.91 Å². The minimum Gasteiger partial charge on any atom is -0.497 e. The molecule has 0 saturated heterocycles. The molecular formula is C19H22N2O4. The molecule has 0 radical (unpaired) electrons. The highest BCUT2D eigenvalue weighted by atomic mass is 16.5. The number of hydrogen-bond acceptors (Lipinski definition) is 5. The molecule has 0 heterocycles. The van der Waals surface area contributed by atoms with Gasteiger partial charge in [0.25, 0.3) is 5.91 Å². The smallest absolute Gasteiger partial charge is 0.271 e. The Bertz CT molecular complexity index is 772. The van der Waals surface area contributed by atoms with Gasteiger partial charge in [-0.25, -0.2) is 5.43 Å². The van der Waals surface area contributed by atoms with Gasteiger partial charge in [0.1, 0.15) is 5.75 Å². The lowest BCUT2D eigenvalue weighted by Gasteiger charge is -2.11. The van der Waals surface area contributed by atoms with Crippen molar-refractivity contribution in [3.05, 3.63) is 53.6 Å². The number of rotatable bonds is 7. The SMILES string of the molecule is CC/C(=N/NC(=O)c1cccc(OC)c1)c1ccc(OC)c(OC)c1. The van der Waals surface area contributed by atoms with Crippen molar-refractivity contribution in [2.24, 2.45) is 5.10 Å². The van der Waals surface area contributed by atoms with Gasteiger partial charge in [-0.05, 0) is 42.8 Å². The molecule has 0 aromatic heterocycles. The molecule has 0 atom stereocenters. The van der Waals surface area contributed by atoms with Gasteiger partial charge < -0.3 is 14.2 Å². The molecule has 6 heteroatoms. The van der Waals surface area contributed by atoms with Gasteiger partial charge in [-0.1, -0.05) is 13.0 Å². The van der Waals surface area contributed by atoms with Crippen LogP contribution in [-0.4, -0.2) is 32.9 Å². The maximum Gasteiger partial charge on any atom is 0.271 e. The molecule has 1 amide bonds. The first-order valence-electron chi connectivity index (χ1n) is 7.86. The fraction of sp³-hybridized carbons (Fsp3) is 0.263. The first-order valence-corrected chi connectivity index (χ1v) is 7.86. The van der Waals surface area contributed by atoms with E-state index in [4.69, 9.17) is 14.2 Å². The summed E-state index contributed by atoms with van der Waals surface area (Å²) in [4.78, 5) is 12.3. The van der Waals surface area contributed by atoms with E-state index < -0.39 is 0 Å². The van der Waals surface area contributed by atoms with Crippen LogP contribution in [0.2, 0.25) is 0 Å². The van der Waals surface area contributed by atoms with Gasteiger partial charge in [0.15, 0.2) is 11.5 Å². The van der Waals surface area contributed by atoms with Crippen LogP contribution >= 0.6 is 0 Å². The molecule has 0 aliphatic heterocycles. The normalized spacial score (nSPS) is 11.0. The monoisotopic (exact) mass is 342 g/mol. The number of carbonyl (C=O) groups is 1. The summed E-state index contributed by atoms with van der Waals surface area (Å²) in [5, 5.41) is 4.26. The maximum atomic E-state index is 12.3. The molecule has 2 rings (SSSR count). The third-order valence-corrected chi connectivity index (χ3v) is 3.68. The third kappa shape index (κ3) is 4.50. The van der Waals surface area contributed by atoms with Crippen molar-refractivity contribution in [2.75, 3.05) is 21.3 Å². The number of benzene rings is 2. The zero-order valence-corrected chi connectivity index (χ0v) is 14.8. The zero-order chi connectivity index (χ0) is 18.2. The molecule has 132 valence electrons. The minimum atomic E-state index is -0.301. The Labute approximate surface area is 147 Å². The second kappa shape index (κ2) is 8.73. The Morgan fingerprint density at radius 2 is 1.72 bits per heavy atom. The van der Waals surface area contributed by atoms with Gasteiger partial charge in [0, 0.05) is 11.1 Å². The van der Waals surface area contributed by atoms with E-state index in [9.17, 15) is 4.79 Å². The molecule has 1 N–H and O–H groups in total. The molecular weight excluding hydrogens is 320 g/mol. The Morgan fingerprint density at radius 1 is 0.960 bits per heavy atom. The fourth-order valence-electron chi connectivity index (χ4n) is 2.31. The summed E-state index contributed by atoms with van der Waals surface area (Å²) in [6.45, 7) is 1.97. The lowest BCUT2D eigenvalue weighted by atomic mass is 10.1. The Morgan fingerprint density at radius 3 is 2.36 bits per heavy atom. The summed E-state index contributed by atoms with van der Waals surface area (Å²) in [7, 11) is 4.72. The first kappa shape index (κ1) is 18.3. The maximum absolute atomic E-state index is 12.3. The van der Waals surface area contributed by atoms with Crippen molar-refractivity contribution >= 4 is 11.6 Å². The largest absolute Gasteiger partial charge is 0.497 e. The second-order valence-corrected chi connectivity index (χ2v) is 5.15. The molecule has 0 fully saturated rings. The molecule has 0 bridgehead atoms. The van der Waals surface area contributed by atoms with E-state index in [0.717, 1.165) is 11.3 Å². The standard InChI is InChI=1S/C19H22N2O4/c1-5-16(13-9-10-17(24-3)18(12-13)25-4)20-21-19(22)14-7-6-8-15(11-14)23-2/h6-12H,5H2,1-4H3,(H,21,22)/b20-16-. The van der Waals surface area contributed by atoms with Crippen molar-refractivity contribution in [3.8, 4) is 17.2 Å². The summed E-state index contributed by atoms with van der Waals surface area (Å²) >= 11 is 0. The summed E-state index contributed by atoms with van der Waals surface area (Å²) < 4.78 is 15.7. The molecule has 0 aliphatic rings. The first-order chi connectivity index (χ1) is 12.1. The Balaban J connectivity index is 2.21. The van der Waals surface area contributed by atoms with Gasteiger partial charge >= 0.3 is 0 Å². The number of hydrogen-bond donors (Lipinski definition) is 1. The average molecular weight is 342 g/mol. The molecule has 0 saturated carbocycles. The summed E-state index contributed by atoms with van der Waals surface area (Å²) in [5.74, 6) is 1.57. The van der Waals surface area contributed by atoms with Crippen molar-refractivity contribution in [1.82, 2.24) is 5.43 Å². The highest BCUT2D eigenvalue weighted by molar-refractivity contribution is 6.02. The van der Waals surface area contributed by atoms with Crippen LogP contribution in [0.1, 0.15) is 29.3 Å². The number of carbonyl (C=O) groups excluding carboxylic acids is 1. The molecule has 2 aromatic carbocycles. The van der Waals surface area contributed by atoms with Crippen LogP contribution in [0.4, 0.5) is 0 Å². The van der Waals surface area contributed by atoms with Gasteiger partial charge in [0.05, 0.1) is 27.0 Å². The van der Waals surface area contributed by atoms with E-state index >= 15 is 0 Å². The average Bonchev–Trinajstić information content (AvgIpc) is 2.67. The van der Waals surface area contributed by atoms with Crippen LogP contribution in [0.25, 0.3) is 0 Å². The molecule has 2 aromatic rings. The molecule has 25 heavy (non-hydrogen) atoms. The number of amides is 1. The highest BCUT2D eigenvalue weighted by Gasteiger charge is 2.10. The van der Waals surface area contributed by atoms with E-state index in [1.165, 1.54) is 0 Å². The van der Waals surface area contributed by atoms with Gasteiger partial charge in [-0.15, -0.1) is 0 Å². The van der Waals surface area contributed by atoms with Crippen LogP contribution in [0, 0.1) is 0 Å². The van der Waals surface area contributed by atoms with Crippen LogP contribution < -0.4 is 19.6 Å². The van der Waals surface area contributed by atoms with Crippen molar-refractivity contribution in [1.29, 1.82) is 0 Å². The van der Waals surface area contributed by atoms with Crippen molar-refractivity contribution in [2.45, 2.75) is 13.3 Å².